The van der Waals surface area contributed by atoms with Gasteiger partial charge in [-0.1, -0.05) is 18.2 Å². The smallest absolute Gasteiger partial charge is 0.237 e. The van der Waals surface area contributed by atoms with Crippen LogP contribution >= 0.6 is 0 Å². The molecule has 1 amide bonds. The first-order valence-electron chi connectivity index (χ1n) is 9.13. The topological polar surface area (TPSA) is 114 Å². The van der Waals surface area contributed by atoms with Gasteiger partial charge in [-0.25, -0.2) is 18.4 Å². The third-order valence-corrected chi connectivity index (χ3v) is 6.23. The lowest BCUT2D eigenvalue weighted by atomic mass is 10.1. The van der Waals surface area contributed by atoms with Crippen molar-refractivity contribution in [2.75, 3.05) is 10.0 Å². The Morgan fingerprint density at radius 3 is 2.52 bits per heavy atom. The first-order valence-corrected chi connectivity index (χ1v) is 10.7. The van der Waals surface area contributed by atoms with Crippen LogP contribution in [0.1, 0.15) is 18.5 Å². The van der Waals surface area contributed by atoms with Crippen molar-refractivity contribution in [2.45, 2.75) is 24.5 Å². The number of rotatable bonds is 7. The summed E-state index contributed by atoms with van der Waals surface area (Å²) in [6.45, 7) is 0. The zero-order chi connectivity index (χ0) is 20.3. The van der Waals surface area contributed by atoms with Crippen LogP contribution < -0.4 is 10.0 Å². The van der Waals surface area contributed by atoms with E-state index in [1.165, 1.54) is 6.20 Å². The van der Waals surface area contributed by atoms with E-state index in [9.17, 15) is 13.2 Å². The molecule has 8 nitrogen and oxygen atoms in total. The molecule has 0 aliphatic heterocycles. The number of nitrogens with one attached hydrogen (secondary N) is 2. The van der Waals surface area contributed by atoms with E-state index in [2.05, 4.69) is 25.0 Å². The summed E-state index contributed by atoms with van der Waals surface area (Å²) in [7, 11) is -3.44. The zero-order valence-corrected chi connectivity index (χ0v) is 16.3. The number of carbonyl (C=O) groups excluding carboxylic acids is 1. The molecule has 1 fully saturated rings. The Labute approximate surface area is 168 Å². The largest absolute Gasteiger partial charge is 0.326 e. The molecule has 0 bridgehead atoms. The number of amides is 1. The van der Waals surface area contributed by atoms with Gasteiger partial charge in [-0.2, -0.15) is 0 Å². The molecular weight excluding hydrogens is 390 g/mol. The highest BCUT2D eigenvalue weighted by Gasteiger charge is 2.36. The SMILES string of the molecule is O=C(Cc1ccnc(NS(=O)(=O)C2CC2)n1)Nc1ccc(-c2cccnc2)cc1. The fourth-order valence-corrected chi connectivity index (χ4v) is 4.06. The lowest BCUT2D eigenvalue weighted by Crippen LogP contribution is -2.20. The molecule has 9 heteroatoms. The number of hydrogen-bond donors (Lipinski definition) is 2. The summed E-state index contributed by atoms with van der Waals surface area (Å²) in [5.41, 5.74) is 3.08. The molecule has 2 heterocycles. The molecule has 0 spiro atoms. The zero-order valence-electron chi connectivity index (χ0n) is 15.4. The monoisotopic (exact) mass is 409 g/mol. The molecule has 1 aliphatic carbocycles. The van der Waals surface area contributed by atoms with Crippen molar-refractivity contribution in [3.05, 3.63) is 66.7 Å². The van der Waals surface area contributed by atoms with Gasteiger partial charge in [-0.15, -0.1) is 0 Å². The number of pyridine rings is 1. The number of anilines is 2. The van der Waals surface area contributed by atoms with Crippen molar-refractivity contribution >= 4 is 27.6 Å². The Hall–Kier alpha value is -3.33. The van der Waals surface area contributed by atoms with Crippen molar-refractivity contribution in [3.8, 4) is 11.1 Å². The quantitative estimate of drug-likeness (QED) is 0.620. The summed E-state index contributed by atoms with van der Waals surface area (Å²) in [5.74, 6) is -0.267. The van der Waals surface area contributed by atoms with Crippen LogP contribution in [0, 0.1) is 0 Å². The summed E-state index contributed by atoms with van der Waals surface area (Å²) >= 11 is 0. The molecule has 0 saturated heterocycles. The number of sulfonamides is 1. The van der Waals surface area contributed by atoms with E-state index in [1.807, 2.05) is 36.4 Å². The third-order valence-electron chi connectivity index (χ3n) is 4.42. The molecule has 29 heavy (non-hydrogen) atoms. The highest BCUT2D eigenvalue weighted by molar-refractivity contribution is 7.93. The van der Waals surface area contributed by atoms with Crippen LogP contribution in [0.25, 0.3) is 11.1 Å². The molecule has 3 aromatic rings. The van der Waals surface area contributed by atoms with Gasteiger partial charge in [-0.3, -0.25) is 14.5 Å². The van der Waals surface area contributed by atoms with Crippen LogP contribution in [0.15, 0.2) is 61.1 Å². The van der Waals surface area contributed by atoms with Gasteiger partial charge in [0.2, 0.25) is 21.9 Å². The third kappa shape index (κ3) is 4.94. The van der Waals surface area contributed by atoms with Crippen molar-refractivity contribution < 1.29 is 13.2 Å². The summed E-state index contributed by atoms with van der Waals surface area (Å²) in [6, 6.07) is 12.9. The van der Waals surface area contributed by atoms with Crippen LogP contribution in [0.5, 0.6) is 0 Å². The number of benzene rings is 1. The molecule has 2 N–H and O–H groups in total. The van der Waals surface area contributed by atoms with Gasteiger partial charge in [0.15, 0.2) is 0 Å². The van der Waals surface area contributed by atoms with E-state index in [1.54, 1.807) is 18.5 Å². The Morgan fingerprint density at radius 1 is 1.03 bits per heavy atom. The lowest BCUT2D eigenvalue weighted by molar-refractivity contribution is -0.115. The minimum absolute atomic E-state index is 0.00499. The number of aromatic nitrogens is 3. The van der Waals surface area contributed by atoms with Gasteiger partial charge in [-0.05, 0) is 48.2 Å². The van der Waals surface area contributed by atoms with E-state index in [0.29, 0.717) is 24.2 Å². The van der Waals surface area contributed by atoms with Crippen LogP contribution in [0.2, 0.25) is 0 Å². The summed E-state index contributed by atoms with van der Waals surface area (Å²) in [6.07, 6.45) is 6.23. The first kappa shape index (κ1) is 19.0. The van der Waals surface area contributed by atoms with Gasteiger partial charge in [0.1, 0.15) is 0 Å². The molecular formula is C20H19N5O3S. The lowest BCUT2D eigenvalue weighted by Gasteiger charge is -2.08. The van der Waals surface area contributed by atoms with Crippen LogP contribution in [-0.4, -0.2) is 34.5 Å². The number of hydrogen-bond acceptors (Lipinski definition) is 6. The molecule has 1 aromatic carbocycles. The Bertz CT molecular complexity index is 1110. The van der Waals surface area contributed by atoms with Gasteiger partial charge >= 0.3 is 0 Å². The van der Waals surface area contributed by atoms with Crippen molar-refractivity contribution in [1.29, 1.82) is 0 Å². The van der Waals surface area contributed by atoms with Gasteiger partial charge < -0.3 is 5.32 Å². The second-order valence-corrected chi connectivity index (χ2v) is 8.72. The number of carbonyl (C=O) groups is 1. The highest BCUT2D eigenvalue weighted by atomic mass is 32.2. The fourth-order valence-electron chi connectivity index (χ4n) is 2.78. The van der Waals surface area contributed by atoms with Gasteiger partial charge in [0.05, 0.1) is 17.4 Å². The minimum atomic E-state index is -3.44. The molecule has 148 valence electrons. The molecule has 2 aromatic heterocycles. The molecule has 1 saturated carbocycles. The maximum absolute atomic E-state index is 12.3. The van der Waals surface area contributed by atoms with Gasteiger partial charge in [0.25, 0.3) is 0 Å². The van der Waals surface area contributed by atoms with E-state index in [-0.39, 0.29) is 23.5 Å². The van der Waals surface area contributed by atoms with E-state index in [4.69, 9.17) is 0 Å². The minimum Gasteiger partial charge on any atom is -0.326 e. The van der Waals surface area contributed by atoms with E-state index < -0.39 is 10.0 Å². The molecule has 4 rings (SSSR count). The van der Waals surface area contributed by atoms with E-state index >= 15 is 0 Å². The second-order valence-electron chi connectivity index (χ2n) is 6.76. The molecule has 0 atom stereocenters. The standard InChI is InChI=1S/C20H19N5O3S/c26-19(23-16-5-3-14(4-6-16)15-2-1-10-21-13-15)12-17-9-11-22-20(24-17)25-29(27,28)18-7-8-18/h1-6,9-11,13,18H,7-8,12H2,(H,23,26)(H,22,24,25). The first-order chi connectivity index (χ1) is 14.0. The highest BCUT2D eigenvalue weighted by Crippen LogP contribution is 2.29. The molecule has 1 aliphatic rings. The van der Waals surface area contributed by atoms with Crippen LogP contribution in [0.4, 0.5) is 11.6 Å². The van der Waals surface area contributed by atoms with Crippen LogP contribution in [0.3, 0.4) is 0 Å². The summed E-state index contributed by atoms with van der Waals surface area (Å²) in [4.78, 5) is 24.5. The number of nitrogens with zero attached hydrogens (tertiary/aromatic N) is 3. The van der Waals surface area contributed by atoms with E-state index in [0.717, 1.165) is 11.1 Å². The van der Waals surface area contributed by atoms with Crippen molar-refractivity contribution in [3.63, 3.8) is 0 Å². The maximum Gasteiger partial charge on any atom is 0.237 e. The molecule has 0 radical (unpaired) electrons. The Balaban J connectivity index is 1.38. The van der Waals surface area contributed by atoms with Crippen LogP contribution in [-0.2, 0) is 21.2 Å². The second kappa shape index (κ2) is 7.96. The van der Waals surface area contributed by atoms with Crippen molar-refractivity contribution in [2.24, 2.45) is 0 Å². The normalized spacial score (nSPS) is 13.7. The predicted octanol–water partition coefficient (Wildman–Crippen LogP) is 2.62. The summed E-state index contributed by atoms with van der Waals surface area (Å²) < 4.78 is 26.4. The molecule has 0 unspecified atom stereocenters. The van der Waals surface area contributed by atoms with Gasteiger partial charge in [0, 0.05) is 24.3 Å². The Kier molecular flexibility index (Phi) is 5.22. The average molecular weight is 409 g/mol. The Morgan fingerprint density at radius 2 is 1.83 bits per heavy atom. The fraction of sp³-hybridized carbons (Fsp3) is 0.200. The maximum atomic E-state index is 12.3. The average Bonchev–Trinajstić information content (AvgIpc) is 3.55. The van der Waals surface area contributed by atoms with Crippen molar-refractivity contribution in [1.82, 2.24) is 15.0 Å². The predicted molar refractivity (Wildman–Crippen MR) is 110 cm³/mol. The summed E-state index contributed by atoms with van der Waals surface area (Å²) in [5, 5.41) is 2.44.